The molecule has 6 heteroatoms. The quantitative estimate of drug-likeness (QED) is 0.217. The maximum atomic E-state index is 8.85. The molecule has 0 fully saturated rings. The van der Waals surface area contributed by atoms with Crippen molar-refractivity contribution in [1.29, 1.82) is 0 Å². The predicted molar refractivity (Wildman–Crippen MR) is 59.5 cm³/mol. The van der Waals surface area contributed by atoms with E-state index in [0.717, 1.165) is 22.9 Å². The monoisotopic (exact) mass is 238 g/mol. The molecule has 0 atom stereocenters. The predicted octanol–water partition coefficient (Wildman–Crippen LogP) is -5.27. The second-order valence-electron chi connectivity index (χ2n) is 3.89. The summed E-state index contributed by atoms with van der Waals surface area (Å²) < 4.78 is 0. The molecule has 6 N–H and O–H groups in total. The second kappa shape index (κ2) is 11.3. The van der Waals surface area contributed by atoms with Gasteiger partial charge in [-0.05, 0) is 0 Å². The fraction of sp³-hybridized carbons (Fsp3) is 1.00. The van der Waals surface area contributed by atoms with Crippen molar-refractivity contribution in [2.24, 2.45) is 0 Å². The fourth-order valence-corrected chi connectivity index (χ4v) is 1.74. The van der Waals surface area contributed by atoms with Gasteiger partial charge in [0.05, 0.1) is 26.4 Å². The molecule has 0 aliphatic rings. The van der Waals surface area contributed by atoms with Crippen LogP contribution in [0.4, 0.5) is 0 Å². The first-order chi connectivity index (χ1) is 7.78. The largest absolute Gasteiger partial charge is 0.391 e. The summed E-state index contributed by atoms with van der Waals surface area (Å²) in [6.07, 6.45) is 0. The maximum Gasteiger partial charge on any atom is 0.127 e. The van der Waals surface area contributed by atoms with Gasteiger partial charge >= 0.3 is 0 Å². The molecule has 0 unspecified atom stereocenters. The van der Waals surface area contributed by atoms with Crippen LogP contribution < -0.4 is 9.80 Å². The van der Waals surface area contributed by atoms with Gasteiger partial charge < -0.3 is 30.2 Å². The summed E-state index contributed by atoms with van der Waals surface area (Å²) in [6.45, 7) is 4.65. The summed E-state index contributed by atoms with van der Waals surface area (Å²) in [5, 5.41) is 35.4. The van der Waals surface area contributed by atoms with Crippen LogP contribution in [-0.4, -0.2) is 86.1 Å². The lowest BCUT2D eigenvalue weighted by Gasteiger charge is -2.21. The van der Waals surface area contributed by atoms with Gasteiger partial charge in [0.1, 0.15) is 39.3 Å². The lowest BCUT2D eigenvalue weighted by atomic mass is 10.4. The Hall–Kier alpha value is -0.240. The normalized spacial score (nSPS) is 11.6. The van der Waals surface area contributed by atoms with Crippen molar-refractivity contribution in [2.75, 3.05) is 65.7 Å². The number of aliphatic hydroxyl groups excluding tert-OH is 4. The fourth-order valence-electron chi connectivity index (χ4n) is 1.74. The van der Waals surface area contributed by atoms with Gasteiger partial charge in [0.2, 0.25) is 0 Å². The lowest BCUT2D eigenvalue weighted by Crippen LogP contribution is -3.21. The van der Waals surface area contributed by atoms with Gasteiger partial charge in [-0.1, -0.05) is 0 Å². The van der Waals surface area contributed by atoms with Crippen molar-refractivity contribution in [2.45, 2.75) is 0 Å². The van der Waals surface area contributed by atoms with E-state index in [-0.39, 0.29) is 26.4 Å². The highest BCUT2D eigenvalue weighted by atomic mass is 16.3. The highest BCUT2D eigenvalue weighted by Gasteiger charge is 2.12. The zero-order chi connectivity index (χ0) is 12.2. The maximum absolute atomic E-state index is 8.85. The first-order valence-corrected chi connectivity index (χ1v) is 5.89. The van der Waals surface area contributed by atoms with E-state index < -0.39 is 0 Å². The average molecular weight is 238 g/mol. The molecular weight excluding hydrogens is 212 g/mol. The summed E-state index contributed by atoms with van der Waals surface area (Å²) in [7, 11) is 0. The third-order valence-corrected chi connectivity index (χ3v) is 2.69. The number of hydrogen-bond donors (Lipinski definition) is 6. The topological polar surface area (TPSA) is 89.8 Å². The van der Waals surface area contributed by atoms with E-state index in [1.807, 2.05) is 0 Å². The first-order valence-electron chi connectivity index (χ1n) is 5.89. The van der Waals surface area contributed by atoms with E-state index in [2.05, 4.69) is 0 Å². The summed E-state index contributed by atoms with van der Waals surface area (Å²) >= 11 is 0. The Kier molecular flexibility index (Phi) is 11.1. The molecule has 98 valence electrons. The zero-order valence-electron chi connectivity index (χ0n) is 9.86. The number of rotatable bonds is 11. The van der Waals surface area contributed by atoms with Crippen LogP contribution in [0.1, 0.15) is 0 Å². The van der Waals surface area contributed by atoms with Gasteiger partial charge in [0, 0.05) is 0 Å². The Morgan fingerprint density at radius 1 is 0.438 bits per heavy atom. The lowest BCUT2D eigenvalue weighted by molar-refractivity contribution is -0.958. The molecule has 0 radical (unpaired) electrons. The van der Waals surface area contributed by atoms with Crippen molar-refractivity contribution >= 4 is 0 Å². The van der Waals surface area contributed by atoms with Crippen LogP contribution >= 0.6 is 0 Å². The Morgan fingerprint density at radius 3 is 0.875 bits per heavy atom. The van der Waals surface area contributed by atoms with Crippen molar-refractivity contribution in [3.8, 4) is 0 Å². The highest BCUT2D eigenvalue weighted by Crippen LogP contribution is 1.56. The van der Waals surface area contributed by atoms with Crippen LogP contribution in [0, 0.1) is 0 Å². The number of quaternary nitrogens is 2. The molecule has 0 aliphatic heterocycles. The molecule has 0 saturated heterocycles. The number of hydrogen-bond acceptors (Lipinski definition) is 4. The van der Waals surface area contributed by atoms with Crippen molar-refractivity contribution in [1.82, 2.24) is 0 Å². The highest BCUT2D eigenvalue weighted by molar-refractivity contribution is 4.33. The van der Waals surface area contributed by atoms with Crippen LogP contribution in [0.5, 0.6) is 0 Å². The zero-order valence-corrected chi connectivity index (χ0v) is 9.86. The van der Waals surface area contributed by atoms with Crippen LogP contribution in [-0.2, 0) is 0 Å². The van der Waals surface area contributed by atoms with Crippen molar-refractivity contribution < 1.29 is 30.2 Å². The minimum Gasteiger partial charge on any atom is -0.391 e. The van der Waals surface area contributed by atoms with Crippen molar-refractivity contribution in [3.63, 3.8) is 0 Å². The van der Waals surface area contributed by atoms with Gasteiger partial charge in [0.15, 0.2) is 0 Å². The molecule has 0 bridgehead atoms. The van der Waals surface area contributed by atoms with Crippen LogP contribution in [0.3, 0.4) is 0 Å². The second-order valence-corrected chi connectivity index (χ2v) is 3.89. The van der Waals surface area contributed by atoms with E-state index in [1.54, 1.807) is 0 Å². The SMILES string of the molecule is OCC[NH+](CCO)CC[NH+](CCO)CCO. The minimum atomic E-state index is 0.116. The minimum absolute atomic E-state index is 0.116. The van der Waals surface area contributed by atoms with Crippen LogP contribution in [0.2, 0.25) is 0 Å². The third kappa shape index (κ3) is 7.98. The van der Waals surface area contributed by atoms with Crippen LogP contribution in [0.25, 0.3) is 0 Å². The molecule has 0 aromatic rings. The summed E-state index contributed by atoms with van der Waals surface area (Å²) in [6, 6.07) is 0. The number of nitrogens with one attached hydrogen (secondary N) is 2. The Bertz CT molecular complexity index is 121. The van der Waals surface area contributed by atoms with Gasteiger partial charge in [-0.25, -0.2) is 0 Å². The Morgan fingerprint density at radius 2 is 0.688 bits per heavy atom. The standard InChI is InChI=1S/C10H24N2O4/c13-7-3-11(4-8-14)1-2-12(5-9-15)6-10-16/h13-16H,1-10H2/p+2. The van der Waals surface area contributed by atoms with E-state index in [1.165, 1.54) is 0 Å². The molecule has 16 heavy (non-hydrogen) atoms. The van der Waals surface area contributed by atoms with E-state index in [4.69, 9.17) is 20.4 Å². The smallest absolute Gasteiger partial charge is 0.127 e. The summed E-state index contributed by atoms with van der Waals surface area (Å²) in [5.41, 5.74) is 0. The van der Waals surface area contributed by atoms with Gasteiger partial charge in [-0.2, -0.15) is 0 Å². The van der Waals surface area contributed by atoms with E-state index >= 15 is 0 Å². The van der Waals surface area contributed by atoms with Crippen LogP contribution in [0.15, 0.2) is 0 Å². The Labute approximate surface area is 96.7 Å². The van der Waals surface area contributed by atoms with Gasteiger partial charge in [-0.15, -0.1) is 0 Å². The average Bonchev–Trinajstić information content (AvgIpc) is 2.27. The van der Waals surface area contributed by atoms with E-state index in [9.17, 15) is 0 Å². The molecule has 0 saturated carbocycles. The van der Waals surface area contributed by atoms with Gasteiger partial charge in [0.25, 0.3) is 0 Å². The molecule has 0 aromatic heterocycles. The first kappa shape index (κ1) is 15.8. The summed E-state index contributed by atoms with van der Waals surface area (Å²) in [5.74, 6) is 0. The van der Waals surface area contributed by atoms with Gasteiger partial charge in [-0.3, -0.25) is 0 Å². The molecule has 0 heterocycles. The molecule has 6 nitrogen and oxygen atoms in total. The molecule has 0 rings (SSSR count). The third-order valence-electron chi connectivity index (χ3n) is 2.69. The van der Waals surface area contributed by atoms with Crippen molar-refractivity contribution in [3.05, 3.63) is 0 Å². The molecular formula is C10H26N2O4+2. The molecule has 0 spiro atoms. The summed E-state index contributed by atoms with van der Waals surface area (Å²) in [4.78, 5) is 2.30. The Balaban J connectivity index is 3.83. The number of aliphatic hydroxyl groups is 4. The molecule has 0 amide bonds. The van der Waals surface area contributed by atoms with E-state index in [0.29, 0.717) is 26.2 Å². The molecule has 0 aromatic carbocycles. The molecule has 0 aliphatic carbocycles.